The van der Waals surface area contributed by atoms with Crippen molar-refractivity contribution in [3.63, 3.8) is 0 Å². The zero-order valence-corrected chi connectivity index (χ0v) is 6.49. The molecule has 4 atom stereocenters. The van der Waals surface area contributed by atoms with Crippen LogP contribution in [0.3, 0.4) is 0 Å². The van der Waals surface area contributed by atoms with Gasteiger partial charge in [-0.3, -0.25) is 4.79 Å². The highest BCUT2D eigenvalue weighted by Crippen LogP contribution is 2.53. The topological polar surface area (TPSA) is 17.1 Å². The van der Waals surface area contributed by atoms with Crippen molar-refractivity contribution in [1.29, 1.82) is 0 Å². The van der Waals surface area contributed by atoms with E-state index in [1.807, 2.05) is 0 Å². The summed E-state index contributed by atoms with van der Waals surface area (Å²) in [6, 6.07) is 0. The van der Waals surface area contributed by atoms with E-state index in [9.17, 15) is 4.79 Å². The first-order valence-electron chi connectivity index (χ1n) is 4.57. The Bertz CT molecular complexity index is 241. The second-order valence-corrected chi connectivity index (χ2v) is 4.14. The quantitative estimate of drug-likeness (QED) is 0.479. The van der Waals surface area contributed by atoms with Gasteiger partial charge in [0.25, 0.3) is 0 Å². The zero-order chi connectivity index (χ0) is 7.42. The molecule has 0 spiro atoms. The minimum Gasteiger partial charge on any atom is -0.299 e. The first-order chi connectivity index (χ1) is 5.36. The van der Waals surface area contributed by atoms with Crippen molar-refractivity contribution in [2.24, 2.45) is 23.7 Å². The molecule has 0 unspecified atom stereocenters. The number of rotatable bonds is 0. The van der Waals surface area contributed by atoms with Crippen LogP contribution in [0.2, 0.25) is 0 Å². The lowest BCUT2D eigenvalue weighted by molar-refractivity contribution is -0.121. The Labute approximate surface area is 66.5 Å². The third-order valence-electron chi connectivity index (χ3n) is 3.72. The standard InChI is InChI=1S/C10H12O/c11-9-4-3-8-6-1-2-7(5-6)10(8)9/h1-2,6-8,10H,3-5H2/t6-,7+,8-,10-/m1/s1. The van der Waals surface area contributed by atoms with Gasteiger partial charge in [0, 0.05) is 12.3 Å². The predicted molar refractivity (Wildman–Crippen MR) is 42.0 cm³/mol. The van der Waals surface area contributed by atoms with Crippen LogP contribution in [0.5, 0.6) is 0 Å². The first-order valence-corrected chi connectivity index (χ1v) is 4.57. The number of ketones is 1. The van der Waals surface area contributed by atoms with E-state index in [0.29, 0.717) is 17.6 Å². The summed E-state index contributed by atoms with van der Waals surface area (Å²) < 4.78 is 0. The van der Waals surface area contributed by atoms with Crippen LogP contribution in [0.1, 0.15) is 19.3 Å². The van der Waals surface area contributed by atoms with Gasteiger partial charge in [0.2, 0.25) is 0 Å². The summed E-state index contributed by atoms with van der Waals surface area (Å²) >= 11 is 0. The van der Waals surface area contributed by atoms with Gasteiger partial charge in [-0.15, -0.1) is 0 Å². The molecular weight excluding hydrogens is 136 g/mol. The number of carbonyl (C=O) groups excluding carboxylic acids is 1. The molecule has 3 aliphatic rings. The van der Waals surface area contributed by atoms with Crippen LogP contribution >= 0.6 is 0 Å². The lowest BCUT2D eigenvalue weighted by Gasteiger charge is -2.17. The molecule has 0 saturated heterocycles. The van der Waals surface area contributed by atoms with Gasteiger partial charge in [-0.1, -0.05) is 12.2 Å². The number of hydrogen-bond donors (Lipinski definition) is 0. The summed E-state index contributed by atoms with van der Waals surface area (Å²) in [7, 11) is 0. The van der Waals surface area contributed by atoms with Crippen molar-refractivity contribution in [2.45, 2.75) is 19.3 Å². The van der Waals surface area contributed by atoms with E-state index in [1.54, 1.807) is 0 Å². The lowest BCUT2D eigenvalue weighted by Crippen LogP contribution is -2.18. The highest BCUT2D eigenvalue weighted by Gasteiger charge is 2.50. The molecule has 3 rings (SSSR count). The van der Waals surface area contributed by atoms with Gasteiger partial charge in [0.15, 0.2) is 0 Å². The Kier molecular flexibility index (Phi) is 0.961. The van der Waals surface area contributed by atoms with E-state index in [1.165, 1.54) is 12.8 Å². The maximum Gasteiger partial charge on any atom is 0.136 e. The molecule has 0 radical (unpaired) electrons. The summed E-state index contributed by atoms with van der Waals surface area (Å²) in [5.41, 5.74) is 0. The minimum absolute atomic E-state index is 0.449. The maximum absolute atomic E-state index is 11.4. The fourth-order valence-corrected chi connectivity index (χ4v) is 3.27. The van der Waals surface area contributed by atoms with E-state index in [2.05, 4.69) is 12.2 Å². The summed E-state index contributed by atoms with van der Waals surface area (Å²) in [4.78, 5) is 11.4. The summed E-state index contributed by atoms with van der Waals surface area (Å²) in [5.74, 6) is 3.16. The van der Waals surface area contributed by atoms with Gasteiger partial charge < -0.3 is 0 Å². The Hall–Kier alpha value is -0.590. The van der Waals surface area contributed by atoms with E-state index in [0.717, 1.165) is 18.3 Å². The number of Topliss-reactive ketones (excluding diaryl/α,β-unsaturated/α-hetero) is 1. The van der Waals surface area contributed by atoms with Gasteiger partial charge >= 0.3 is 0 Å². The summed E-state index contributed by atoms with van der Waals surface area (Å²) in [5, 5.41) is 0. The van der Waals surface area contributed by atoms with Crippen LogP contribution in [0.25, 0.3) is 0 Å². The molecule has 0 aromatic heterocycles. The molecule has 0 N–H and O–H groups in total. The van der Waals surface area contributed by atoms with E-state index in [-0.39, 0.29) is 0 Å². The van der Waals surface area contributed by atoms with Crippen molar-refractivity contribution in [3.05, 3.63) is 12.2 Å². The fraction of sp³-hybridized carbons (Fsp3) is 0.700. The molecule has 11 heavy (non-hydrogen) atoms. The molecule has 0 aliphatic heterocycles. The van der Waals surface area contributed by atoms with Crippen LogP contribution in [-0.2, 0) is 4.79 Å². The second-order valence-electron chi connectivity index (χ2n) is 4.14. The predicted octanol–water partition coefficient (Wildman–Crippen LogP) is 1.79. The van der Waals surface area contributed by atoms with Gasteiger partial charge in [0.1, 0.15) is 5.78 Å². The van der Waals surface area contributed by atoms with Crippen LogP contribution in [0, 0.1) is 23.7 Å². The molecular formula is C10H12O. The fourth-order valence-electron chi connectivity index (χ4n) is 3.27. The van der Waals surface area contributed by atoms with Gasteiger partial charge in [0.05, 0.1) is 0 Å². The first kappa shape index (κ1) is 5.99. The molecule has 0 aromatic carbocycles. The van der Waals surface area contributed by atoms with E-state index < -0.39 is 0 Å². The Morgan fingerprint density at radius 1 is 1.27 bits per heavy atom. The minimum atomic E-state index is 0.449. The molecule has 3 aliphatic carbocycles. The highest BCUT2D eigenvalue weighted by atomic mass is 16.1. The second kappa shape index (κ2) is 1.77. The van der Waals surface area contributed by atoms with E-state index >= 15 is 0 Å². The molecule has 0 amide bonds. The van der Waals surface area contributed by atoms with Crippen LogP contribution < -0.4 is 0 Å². The van der Waals surface area contributed by atoms with Crippen LogP contribution in [-0.4, -0.2) is 5.78 Å². The number of fused-ring (bicyclic) bond motifs is 5. The molecule has 1 nitrogen and oxygen atoms in total. The molecule has 2 saturated carbocycles. The Balaban J connectivity index is 2.03. The maximum atomic E-state index is 11.4. The smallest absolute Gasteiger partial charge is 0.136 e. The van der Waals surface area contributed by atoms with Gasteiger partial charge in [-0.05, 0) is 30.6 Å². The van der Waals surface area contributed by atoms with Gasteiger partial charge in [-0.2, -0.15) is 0 Å². The van der Waals surface area contributed by atoms with Crippen molar-refractivity contribution in [3.8, 4) is 0 Å². The number of hydrogen-bond acceptors (Lipinski definition) is 1. The van der Waals surface area contributed by atoms with Crippen molar-refractivity contribution in [1.82, 2.24) is 0 Å². The van der Waals surface area contributed by atoms with Crippen molar-refractivity contribution in [2.75, 3.05) is 0 Å². The van der Waals surface area contributed by atoms with Gasteiger partial charge in [-0.25, -0.2) is 0 Å². The number of allylic oxidation sites excluding steroid dienone is 2. The van der Waals surface area contributed by atoms with Crippen LogP contribution in [0.4, 0.5) is 0 Å². The van der Waals surface area contributed by atoms with Crippen molar-refractivity contribution >= 4 is 5.78 Å². The third-order valence-corrected chi connectivity index (χ3v) is 3.72. The van der Waals surface area contributed by atoms with Crippen molar-refractivity contribution < 1.29 is 4.79 Å². The van der Waals surface area contributed by atoms with E-state index in [4.69, 9.17) is 0 Å². The summed E-state index contributed by atoms with van der Waals surface area (Å²) in [6.45, 7) is 0. The summed E-state index contributed by atoms with van der Waals surface area (Å²) in [6.07, 6.45) is 7.93. The average Bonchev–Trinajstić information content (AvgIpc) is 2.60. The molecule has 2 fully saturated rings. The molecule has 0 heterocycles. The SMILES string of the molecule is O=C1CC[C@H]2[C@H]1[C@H]1C=C[C@@H]2C1. The average molecular weight is 148 g/mol. The third kappa shape index (κ3) is 0.597. The molecule has 58 valence electrons. The molecule has 2 bridgehead atoms. The number of carbonyl (C=O) groups is 1. The molecule has 0 aromatic rings. The highest BCUT2D eigenvalue weighted by molar-refractivity contribution is 5.84. The molecule has 1 heteroatoms. The Morgan fingerprint density at radius 3 is 2.91 bits per heavy atom. The largest absolute Gasteiger partial charge is 0.299 e. The lowest BCUT2D eigenvalue weighted by atomic mass is 9.86. The monoisotopic (exact) mass is 148 g/mol. The van der Waals surface area contributed by atoms with Crippen LogP contribution in [0.15, 0.2) is 12.2 Å². The normalized spacial score (nSPS) is 52.2. The zero-order valence-electron chi connectivity index (χ0n) is 6.49. The Morgan fingerprint density at radius 2 is 2.09 bits per heavy atom.